The second-order valence-corrected chi connectivity index (χ2v) is 6.33. The maximum atomic E-state index is 11.4. The van der Waals surface area contributed by atoms with E-state index in [1.165, 1.54) is 38.5 Å². The van der Waals surface area contributed by atoms with E-state index in [1.807, 2.05) is 0 Å². The van der Waals surface area contributed by atoms with Gasteiger partial charge in [-0.05, 0) is 25.2 Å². The van der Waals surface area contributed by atoms with Crippen LogP contribution in [0.4, 0.5) is 0 Å². The van der Waals surface area contributed by atoms with E-state index in [2.05, 4.69) is 10.2 Å². The van der Waals surface area contributed by atoms with Crippen molar-refractivity contribution in [3.63, 3.8) is 0 Å². The smallest absolute Gasteiger partial charge is 0.219 e. The lowest BCUT2D eigenvalue weighted by atomic mass is 9.81. The second kappa shape index (κ2) is 5.17. The Kier molecular flexibility index (Phi) is 3.57. The standard InChI is InChI=1S/C14H25N3O/c15-14(18)7-13(10-4-2-1-3-5-10)17-9-11-6-12(17)8-16-11/h10-13,16H,1-9H2,(H2,15,18). The normalized spacial score (nSPS) is 34.9. The summed E-state index contributed by atoms with van der Waals surface area (Å²) < 4.78 is 0. The molecule has 1 aliphatic carbocycles. The van der Waals surface area contributed by atoms with Crippen molar-refractivity contribution in [3.05, 3.63) is 0 Å². The molecule has 0 radical (unpaired) electrons. The molecule has 0 aromatic heterocycles. The van der Waals surface area contributed by atoms with E-state index >= 15 is 0 Å². The minimum absolute atomic E-state index is 0.124. The first-order valence-electron chi connectivity index (χ1n) is 7.51. The van der Waals surface area contributed by atoms with Crippen LogP contribution < -0.4 is 11.1 Å². The lowest BCUT2D eigenvalue weighted by Crippen LogP contribution is -2.52. The van der Waals surface area contributed by atoms with Crippen molar-refractivity contribution in [3.8, 4) is 0 Å². The van der Waals surface area contributed by atoms with Gasteiger partial charge in [-0.3, -0.25) is 9.69 Å². The van der Waals surface area contributed by atoms with E-state index in [1.54, 1.807) is 0 Å². The third kappa shape index (κ3) is 2.41. The summed E-state index contributed by atoms with van der Waals surface area (Å²) in [4.78, 5) is 14.0. The summed E-state index contributed by atoms with van der Waals surface area (Å²) in [5.74, 6) is 0.576. The molecular weight excluding hydrogens is 226 g/mol. The minimum atomic E-state index is -0.124. The third-order valence-electron chi connectivity index (χ3n) is 5.13. The fraction of sp³-hybridized carbons (Fsp3) is 0.929. The highest BCUT2D eigenvalue weighted by atomic mass is 16.1. The van der Waals surface area contributed by atoms with Gasteiger partial charge in [0.15, 0.2) is 0 Å². The van der Waals surface area contributed by atoms with Gasteiger partial charge in [-0.1, -0.05) is 19.3 Å². The first-order chi connectivity index (χ1) is 8.74. The van der Waals surface area contributed by atoms with Gasteiger partial charge in [-0.2, -0.15) is 0 Å². The van der Waals surface area contributed by atoms with Crippen LogP contribution in [0.5, 0.6) is 0 Å². The Morgan fingerprint density at radius 2 is 2.11 bits per heavy atom. The molecule has 3 N–H and O–H groups in total. The van der Waals surface area contributed by atoms with Gasteiger partial charge in [0, 0.05) is 37.6 Å². The van der Waals surface area contributed by atoms with Crippen LogP contribution >= 0.6 is 0 Å². The molecule has 3 unspecified atom stereocenters. The number of primary amides is 1. The van der Waals surface area contributed by atoms with Crippen LogP contribution in [0.25, 0.3) is 0 Å². The summed E-state index contributed by atoms with van der Waals surface area (Å²) in [6.45, 7) is 2.23. The topological polar surface area (TPSA) is 58.4 Å². The Labute approximate surface area is 109 Å². The molecule has 2 bridgehead atoms. The van der Waals surface area contributed by atoms with Crippen LogP contribution in [0, 0.1) is 5.92 Å². The molecule has 0 aromatic carbocycles. The zero-order valence-electron chi connectivity index (χ0n) is 11.1. The Morgan fingerprint density at radius 3 is 2.67 bits per heavy atom. The Balaban J connectivity index is 1.70. The van der Waals surface area contributed by atoms with Crippen molar-refractivity contribution < 1.29 is 4.79 Å². The van der Waals surface area contributed by atoms with Crippen molar-refractivity contribution in [1.29, 1.82) is 0 Å². The molecule has 3 fully saturated rings. The Morgan fingerprint density at radius 1 is 1.33 bits per heavy atom. The van der Waals surface area contributed by atoms with Gasteiger partial charge in [0.25, 0.3) is 0 Å². The summed E-state index contributed by atoms with van der Waals surface area (Å²) >= 11 is 0. The quantitative estimate of drug-likeness (QED) is 0.779. The number of amides is 1. The molecule has 1 amide bonds. The maximum absolute atomic E-state index is 11.4. The molecule has 4 heteroatoms. The Hall–Kier alpha value is -0.610. The minimum Gasteiger partial charge on any atom is -0.370 e. The van der Waals surface area contributed by atoms with Crippen molar-refractivity contribution >= 4 is 5.91 Å². The number of carbonyl (C=O) groups is 1. The van der Waals surface area contributed by atoms with E-state index in [0.29, 0.717) is 30.5 Å². The largest absolute Gasteiger partial charge is 0.370 e. The maximum Gasteiger partial charge on any atom is 0.219 e. The highest BCUT2D eigenvalue weighted by molar-refractivity contribution is 5.74. The number of rotatable bonds is 4. The average Bonchev–Trinajstić information content (AvgIpc) is 2.99. The molecule has 3 atom stereocenters. The first-order valence-corrected chi connectivity index (χ1v) is 7.51. The van der Waals surface area contributed by atoms with Gasteiger partial charge in [0.1, 0.15) is 0 Å². The lowest BCUT2D eigenvalue weighted by molar-refractivity contribution is -0.120. The number of carbonyl (C=O) groups excluding carboxylic acids is 1. The van der Waals surface area contributed by atoms with Gasteiger partial charge in [-0.25, -0.2) is 0 Å². The molecule has 4 nitrogen and oxygen atoms in total. The average molecular weight is 251 g/mol. The zero-order chi connectivity index (χ0) is 12.5. The van der Waals surface area contributed by atoms with Crippen LogP contribution in [0.1, 0.15) is 44.9 Å². The monoisotopic (exact) mass is 251 g/mol. The van der Waals surface area contributed by atoms with Crippen LogP contribution in [0.15, 0.2) is 0 Å². The molecule has 102 valence electrons. The van der Waals surface area contributed by atoms with Crippen LogP contribution in [-0.2, 0) is 4.79 Å². The predicted molar refractivity (Wildman–Crippen MR) is 71.1 cm³/mol. The zero-order valence-corrected chi connectivity index (χ0v) is 11.1. The summed E-state index contributed by atoms with van der Waals surface area (Å²) in [7, 11) is 0. The van der Waals surface area contributed by atoms with Crippen molar-refractivity contribution in [1.82, 2.24) is 10.2 Å². The fourth-order valence-corrected chi connectivity index (χ4v) is 4.28. The van der Waals surface area contributed by atoms with Gasteiger partial charge >= 0.3 is 0 Å². The van der Waals surface area contributed by atoms with Crippen molar-refractivity contribution in [2.24, 2.45) is 11.7 Å². The molecule has 2 saturated heterocycles. The summed E-state index contributed by atoms with van der Waals surface area (Å²) in [5.41, 5.74) is 5.48. The fourth-order valence-electron chi connectivity index (χ4n) is 4.28. The van der Waals surface area contributed by atoms with Crippen molar-refractivity contribution in [2.75, 3.05) is 13.1 Å². The molecule has 1 saturated carbocycles. The third-order valence-corrected chi connectivity index (χ3v) is 5.13. The van der Waals surface area contributed by atoms with E-state index in [0.717, 1.165) is 13.1 Å². The molecular formula is C14H25N3O. The van der Waals surface area contributed by atoms with Gasteiger partial charge in [0.05, 0.1) is 0 Å². The van der Waals surface area contributed by atoms with Gasteiger partial charge < -0.3 is 11.1 Å². The van der Waals surface area contributed by atoms with Gasteiger partial charge in [-0.15, -0.1) is 0 Å². The summed E-state index contributed by atoms with van der Waals surface area (Å²) in [5, 5.41) is 3.54. The number of nitrogens with one attached hydrogen (secondary N) is 1. The van der Waals surface area contributed by atoms with E-state index in [-0.39, 0.29) is 5.91 Å². The summed E-state index contributed by atoms with van der Waals surface area (Å²) in [6, 6.07) is 1.73. The number of piperazine rings is 1. The molecule has 3 rings (SSSR count). The summed E-state index contributed by atoms with van der Waals surface area (Å²) in [6.07, 6.45) is 8.45. The van der Waals surface area contributed by atoms with E-state index < -0.39 is 0 Å². The van der Waals surface area contributed by atoms with Crippen molar-refractivity contribution in [2.45, 2.75) is 63.1 Å². The number of nitrogens with two attached hydrogens (primary N) is 1. The Bertz CT molecular complexity index is 314. The second-order valence-electron chi connectivity index (χ2n) is 6.33. The first kappa shape index (κ1) is 12.4. The molecule has 3 aliphatic rings. The SMILES string of the molecule is NC(=O)CC(C1CCCCC1)N1CC2CC1CN2. The highest BCUT2D eigenvalue weighted by Crippen LogP contribution is 2.35. The highest BCUT2D eigenvalue weighted by Gasteiger charge is 2.43. The van der Waals surface area contributed by atoms with E-state index in [4.69, 9.17) is 5.73 Å². The molecule has 2 heterocycles. The predicted octanol–water partition coefficient (Wildman–Crippen LogP) is 0.857. The molecule has 2 aliphatic heterocycles. The van der Waals surface area contributed by atoms with Gasteiger partial charge in [0.2, 0.25) is 5.91 Å². The van der Waals surface area contributed by atoms with Crippen LogP contribution in [-0.4, -0.2) is 42.0 Å². The molecule has 0 aromatic rings. The number of nitrogens with zero attached hydrogens (tertiary/aromatic N) is 1. The number of hydrogen-bond acceptors (Lipinski definition) is 3. The molecule has 0 spiro atoms. The van der Waals surface area contributed by atoms with Crippen LogP contribution in [0.3, 0.4) is 0 Å². The number of hydrogen-bond donors (Lipinski definition) is 2. The lowest BCUT2D eigenvalue weighted by Gasteiger charge is -2.40. The molecule has 18 heavy (non-hydrogen) atoms. The number of likely N-dealkylation sites (tertiary alicyclic amines) is 1. The number of fused-ring (bicyclic) bond motifs is 2. The van der Waals surface area contributed by atoms with E-state index in [9.17, 15) is 4.79 Å². The van der Waals surface area contributed by atoms with Crippen LogP contribution in [0.2, 0.25) is 0 Å².